The number of morpholine rings is 1. The van der Waals surface area contributed by atoms with Crippen molar-refractivity contribution >= 4 is 57.9 Å². The molecule has 1 fully saturated rings. The van der Waals surface area contributed by atoms with Gasteiger partial charge >= 0.3 is 12.3 Å². The summed E-state index contributed by atoms with van der Waals surface area (Å²) in [4.78, 5) is 50.3. The molecule has 1 atom stereocenters. The van der Waals surface area contributed by atoms with Gasteiger partial charge < -0.3 is 25.6 Å². The van der Waals surface area contributed by atoms with Crippen molar-refractivity contribution in [3.05, 3.63) is 45.6 Å². The van der Waals surface area contributed by atoms with Gasteiger partial charge in [-0.15, -0.1) is 11.3 Å². The molecule has 1 aromatic carbocycles. The highest BCUT2D eigenvalue weighted by atomic mass is 35.5. The van der Waals surface area contributed by atoms with E-state index in [2.05, 4.69) is 10.6 Å². The number of halogens is 5. The Bertz CT molecular complexity index is 1130. The van der Waals surface area contributed by atoms with Crippen molar-refractivity contribution in [1.82, 2.24) is 10.6 Å². The van der Waals surface area contributed by atoms with E-state index in [1.54, 1.807) is 5.32 Å². The molecule has 194 valence electrons. The van der Waals surface area contributed by atoms with E-state index in [-0.39, 0.29) is 23.1 Å². The summed E-state index contributed by atoms with van der Waals surface area (Å²) in [5, 5.41) is 6.18. The average molecular weight is 551 g/mol. The van der Waals surface area contributed by atoms with Crippen LogP contribution in [0.4, 0.5) is 28.9 Å². The lowest BCUT2D eigenvalue weighted by Gasteiger charge is -2.27. The molecular formula is C21H19ClF4N4O5S. The largest absolute Gasteiger partial charge is 0.383 e. The Hall–Kier alpha value is -3.23. The van der Waals surface area contributed by atoms with Crippen LogP contribution in [0.2, 0.25) is 4.34 Å². The maximum atomic E-state index is 13.5. The first-order valence-corrected chi connectivity index (χ1v) is 11.5. The first-order valence-electron chi connectivity index (χ1n) is 10.3. The minimum atomic E-state index is -5.06. The Morgan fingerprint density at radius 2 is 1.83 bits per heavy atom. The number of amides is 4. The second-order valence-electron chi connectivity index (χ2n) is 7.40. The van der Waals surface area contributed by atoms with Gasteiger partial charge in [0.05, 0.1) is 15.8 Å². The molecular weight excluding hydrogens is 532 g/mol. The van der Waals surface area contributed by atoms with Crippen LogP contribution in [0.1, 0.15) is 9.67 Å². The van der Waals surface area contributed by atoms with Crippen LogP contribution in [0.25, 0.3) is 0 Å². The van der Waals surface area contributed by atoms with E-state index in [1.165, 1.54) is 41.3 Å². The van der Waals surface area contributed by atoms with Crippen LogP contribution >= 0.6 is 22.9 Å². The van der Waals surface area contributed by atoms with Gasteiger partial charge in [0.1, 0.15) is 12.6 Å². The van der Waals surface area contributed by atoms with E-state index in [4.69, 9.17) is 16.3 Å². The first-order chi connectivity index (χ1) is 17.0. The number of anilines is 2. The minimum absolute atomic E-state index is 0.0769. The Morgan fingerprint density at radius 3 is 2.42 bits per heavy atom. The molecule has 1 aliphatic rings. The number of carbonyl (C=O) groups is 4. The van der Waals surface area contributed by atoms with Crippen molar-refractivity contribution in [2.24, 2.45) is 0 Å². The maximum Gasteiger partial charge on any atom is 0.383 e. The monoisotopic (exact) mass is 550 g/mol. The van der Waals surface area contributed by atoms with E-state index in [0.717, 1.165) is 11.3 Å². The van der Waals surface area contributed by atoms with E-state index >= 15 is 0 Å². The number of hydrogen-bond acceptors (Lipinski definition) is 6. The topological polar surface area (TPSA) is 117 Å². The predicted molar refractivity (Wildman–Crippen MR) is 123 cm³/mol. The average Bonchev–Trinajstić information content (AvgIpc) is 3.28. The molecule has 1 aromatic heterocycles. The van der Waals surface area contributed by atoms with Gasteiger partial charge in [-0.05, 0) is 36.4 Å². The van der Waals surface area contributed by atoms with Crippen LogP contribution < -0.4 is 20.9 Å². The number of nitrogens with zero attached hydrogens (tertiary/aromatic N) is 1. The second kappa shape index (κ2) is 11.7. The first kappa shape index (κ1) is 27.4. The number of ether oxygens (including phenoxy) is 1. The molecule has 0 bridgehead atoms. The molecule has 15 heteroatoms. The fourth-order valence-corrected chi connectivity index (χ4v) is 3.99. The molecule has 2 aromatic rings. The van der Waals surface area contributed by atoms with Crippen LogP contribution in [0.3, 0.4) is 0 Å². The van der Waals surface area contributed by atoms with E-state index < -0.39 is 42.7 Å². The number of rotatable bonds is 9. The highest BCUT2D eigenvalue weighted by Crippen LogP contribution is 2.24. The minimum Gasteiger partial charge on any atom is -0.370 e. The van der Waals surface area contributed by atoms with Crippen LogP contribution in [-0.2, 0) is 19.1 Å². The van der Waals surface area contributed by atoms with Crippen molar-refractivity contribution in [3.8, 4) is 0 Å². The molecule has 3 rings (SSSR count). The number of carbonyl (C=O) groups excluding carboxylic acids is 4. The summed E-state index contributed by atoms with van der Waals surface area (Å²) in [5.74, 6) is -9.49. The van der Waals surface area contributed by atoms with Gasteiger partial charge in [0.25, 0.3) is 17.7 Å². The Labute approximate surface area is 210 Å². The molecule has 0 unspecified atom stereocenters. The maximum absolute atomic E-state index is 13.5. The third-order valence-electron chi connectivity index (χ3n) is 4.89. The molecule has 4 amide bonds. The third kappa shape index (κ3) is 6.71. The van der Waals surface area contributed by atoms with Crippen LogP contribution in [0.15, 0.2) is 36.4 Å². The van der Waals surface area contributed by atoms with Crippen LogP contribution in [0.5, 0.6) is 0 Å². The molecule has 0 aliphatic carbocycles. The number of benzene rings is 1. The smallest absolute Gasteiger partial charge is 0.370 e. The summed E-state index contributed by atoms with van der Waals surface area (Å²) in [7, 11) is 0. The summed E-state index contributed by atoms with van der Waals surface area (Å²) in [5.41, 5.74) is 0.672. The fraction of sp³-hybridized carbons (Fsp3) is 0.333. The molecule has 1 aliphatic heterocycles. The zero-order valence-electron chi connectivity index (χ0n) is 18.2. The Balaban J connectivity index is 1.71. The van der Waals surface area contributed by atoms with Gasteiger partial charge in [0.2, 0.25) is 5.91 Å². The van der Waals surface area contributed by atoms with E-state index in [0.29, 0.717) is 23.2 Å². The fourth-order valence-electron chi connectivity index (χ4n) is 3.03. The van der Waals surface area contributed by atoms with Gasteiger partial charge in [-0.3, -0.25) is 19.2 Å². The standard InChI is InChI=1S/C21H19ClF4N4O5S/c22-15-6-5-14(36-15)18(33)27-9-13(29-20(34)21(25,26)19(23)24)17(32)28-11-1-3-12(4-2-11)30-7-8-35-10-16(30)31/h1-6,13,19H,7-10H2,(H,27,33)(H,28,32)(H,29,34)/t13-/m1/s1. The quantitative estimate of drug-likeness (QED) is 0.415. The third-order valence-corrected chi connectivity index (χ3v) is 6.12. The lowest BCUT2D eigenvalue weighted by Crippen LogP contribution is -2.56. The molecule has 9 nitrogen and oxygen atoms in total. The van der Waals surface area contributed by atoms with Gasteiger partial charge in [-0.1, -0.05) is 11.6 Å². The van der Waals surface area contributed by atoms with E-state index in [9.17, 15) is 36.7 Å². The van der Waals surface area contributed by atoms with Crippen molar-refractivity contribution in [2.75, 3.05) is 36.5 Å². The second-order valence-corrected chi connectivity index (χ2v) is 9.11. The SMILES string of the molecule is O=C(NC[C@@H](NC(=O)C(F)(F)C(F)F)C(=O)Nc1ccc(N2CCOCC2=O)cc1)c1ccc(Cl)s1. The van der Waals surface area contributed by atoms with Crippen molar-refractivity contribution in [2.45, 2.75) is 18.4 Å². The highest BCUT2D eigenvalue weighted by molar-refractivity contribution is 7.18. The summed E-state index contributed by atoms with van der Waals surface area (Å²) in [6, 6.07) is 6.83. The lowest BCUT2D eigenvalue weighted by atomic mass is 10.2. The molecule has 3 N–H and O–H groups in total. The van der Waals surface area contributed by atoms with Crippen LogP contribution in [0, 0.1) is 0 Å². The summed E-state index contributed by atoms with van der Waals surface area (Å²) in [6.45, 7) is -0.0947. The Morgan fingerprint density at radius 1 is 1.14 bits per heavy atom. The summed E-state index contributed by atoms with van der Waals surface area (Å²) >= 11 is 6.66. The molecule has 0 saturated carbocycles. The summed E-state index contributed by atoms with van der Waals surface area (Å²) < 4.78 is 57.5. The molecule has 0 radical (unpaired) electrons. The zero-order chi connectivity index (χ0) is 26.5. The number of thiophene rings is 1. The van der Waals surface area contributed by atoms with E-state index in [1.807, 2.05) is 0 Å². The van der Waals surface area contributed by atoms with Crippen molar-refractivity contribution in [1.29, 1.82) is 0 Å². The van der Waals surface area contributed by atoms with Gasteiger partial charge in [-0.2, -0.15) is 8.78 Å². The molecule has 36 heavy (non-hydrogen) atoms. The Kier molecular flexibility index (Phi) is 8.87. The van der Waals surface area contributed by atoms with Crippen molar-refractivity contribution < 1.29 is 41.5 Å². The number of alkyl halides is 4. The highest BCUT2D eigenvalue weighted by Gasteiger charge is 2.50. The predicted octanol–water partition coefficient (Wildman–Crippen LogP) is 2.52. The molecule has 0 spiro atoms. The van der Waals surface area contributed by atoms with Crippen LogP contribution in [-0.4, -0.2) is 68.3 Å². The van der Waals surface area contributed by atoms with Gasteiger partial charge in [-0.25, -0.2) is 8.78 Å². The molecule has 1 saturated heterocycles. The molecule has 2 heterocycles. The number of hydrogen-bond donors (Lipinski definition) is 3. The number of nitrogens with one attached hydrogen (secondary N) is 3. The normalized spacial score (nSPS) is 14.9. The van der Waals surface area contributed by atoms with Crippen molar-refractivity contribution in [3.63, 3.8) is 0 Å². The summed E-state index contributed by atoms with van der Waals surface area (Å²) in [6.07, 6.45) is -4.31. The zero-order valence-corrected chi connectivity index (χ0v) is 19.8. The van der Waals surface area contributed by atoms with Gasteiger partial charge in [0, 0.05) is 24.5 Å². The lowest BCUT2D eigenvalue weighted by molar-refractivity contribution is -0.170. The van der Waals surface area contributed by atoms with Gasteiger partial charge in [0.15, 0.2) is 0 Å².